The fourth-order valence-corrected chi connectivity index (χ4v) is 3.53. The summed E-state index contributed by atoms with van der Waals surface area (Å²) in [6, 6.07) is 14.7. The van der Waals surface area contributed by atoms with Crippen LogP contribution < -0.4 is 4.72 Å². The minimum absolute atomic E-state index is 0.172. The maximum atomic E-state index is 13.7. The molecule has 0 aliphatic heterocycles. The molecular weight excluding hydrogens is 353 g/mol. The van der Waals surface area contributed by atoms with Crippen molar-refractivity contribution >= 4 is 15.8 Å². The van der Waals surface area contributed by atoms with Crippen LogP contribution in [0.3, 0.4) is 0 Å². The summed E-state index contributed by atoms with van der Waals surface area (Å²) in [5.41, 5.74) is 1.55. The molecule has 1 aromatic heterocycles. The van der Waals surface area contributed by atoms with Crippen LogP contribution in [0.5, 0.6) is 0 Å². The molecule has 0 spiro atoms. The maximum Gasteiger partial charge on any atom is 0.263 e. The number of nitrogens with one attached hydrogen (secondary N) is 1. The predicted molar refractivity (Wildman–Crippen MR) is 99.1 cm³/mol. The lowest BCUT2D eigenvalue weighted by atomic mass is 10.0. The molecule has 7 heteroatoms. The molecule has 1 heterocycles. The number of halogens is 1. The van der Waals surface area contributed by atoms with Gasteiger partial charge < -0.3 is 0 Å². The summed E-state index contributed by atoms with van der Waals surface area (Å²) >= 11 is 0. The molecule has 3 aromatic rings. The summed E-state index contributed by atoms with van der Waals surface area (Å²) in [5, 5.41) is 4.16. The molecule has 0 unspecified atom stereocenters. The number of benzene rings is 2. The Morgan fingerprint density at radius 1 is 1.08 bits per heavy atom. The van der Waals surface area contributed by atoms with Crippen molar-refractivity contribution in [1.82, 2.24) is 9.78 Å². The average molecular weight is 373 g/mol. The van der Waals surface area contributed by atoms with Gasteiger partial charge in [-0.25, -0.2) is 12.8 Å². The molecule has 2 aromatic carbocycles. The van der Waals surface area contributed by atoms with Crippen LogP contribution in [0.4, 0.5) is 10.2 Å². The van der Waals surface area contributed by atoms with E-state index in [1.54, 1.807) is 54.7 Å². The third kappa shape index (κ3) is 4.11. The van der Waals surface area contributed by atoms with E-state index in [2.05, 4.69) is 9.82 Å². The van der Waals surface area contributed by atoms with Crippen LogP contribution >= 0.6 is 0 Å². The van der Waals surface area contributed by atoms with Crippen molar-refractivity contribution in [2.75, 3.05) is 4.72 Å². The van der Waals surface area contributed by atoms with Gasteiger partial charge in [-0.3, -0.25) is 9.40 Å². The number of hydrogen-bond acceptors (Lipinski definition) is 3. The molecule has 5 nitrogen and oxygen atoms in total. The molecule has 0 fully saturated rings. The fourth-order valence-electron chi connectivity index (χ4n) is 2.53. The van der Waals surface area contributed by atoms with Crippen molar-refractivity contribution in [2.45, 2.75) is 31.2 Å². The summed E-state index contributed by atoms with van der Waals surface area (Å²) in [6.45, 7) is 4.31. The van der Waals surface area contributed by atoms with E-state index in [-0.39, 0.29) is 23.1 Å². The average Bonchev–Trinajstić information content (AvgIpc) is 3.03. The minimum atomic E-state index is -3.72. The summed E-state index contributed by atoms with van der Waals surface area (Å²) < 4.78 is 42.6. The lowest BCUT2D eigenvalue weighted by Gasteiger charge is -2.08. The SMILES string of the molecule is CC(C)c1ccc(S(=O)(=O)Nc2ccn(Cc3ccccc3F)n2)cc1. The summed E-state index contributed by atoms with van der Waals surface area (Å²) in [4.78, 5) is 0.172. The highest BCUT2D eigenvalue weighted by molar-refractivity contribution is 7.92. The second-order valence-electron chi connectivity index (χ2n) is 6.32. The van der Waals surface area contributed by atoms with Crippen LogP contribution in [-0.4, -0.2) is 18.2 Å². The Bertz CT molecular complexity index is 996. The van der Waals surface area contributed by atoms with Crippen molar-refractivity contribution < 1.29 is 12.8 Å². The van der Waals surface area contributed by atoms with E-state index in [9.17, 15) is 12.8 Å². The van der Waals surface area contributed by atoms with Crippen molar-refractivity contribution in [3.8, 4) is 0 Å². The van der Waals surface area contributed by atoms with Gasteiger partial charge in [0.1, 0.15) is 5.82 Å². The molecule has 1 N–H and O–H groups in total. The van der Waals surface area contributed by atoms with Gasteiger partial charge in [-0.1, -0.05) is 44.2 Å². The molecule has 0 amide bonds. The number of hydrogen-bond donors (Lipinski definition) is 1. The van der Waals surface area contributed by atoms with Crippen molar-refractivity contribution in [3.63, 3.8) is 0 Å². The van der Waals surface area contributed by atoms with Crippen molar-refractivity contribution in [3.05, 3.63) is 77.7 Å². The largest absolute Gasteiger partial charge is 0.266 e. The first-order valence-corrected chi connectivity index (χ1v) is 9.73. The molecular formula is C19H20FN3O2S. The second-order valence-corrected chi connectivity index (χ2v) is 8.00. The fraction of sp³-hybridized carbons (Fsp3) is 0.211. The first-order valence-electron chi connectivity index (χ1n) is 8.25. The van der Waals surface area contributed by atoms with Gasteiger partial charge in [0.05, 0.1) is 11.4 Å². The lowest BCUT2D eigenvalue weighted by molar-refractivity contribution is 0.585. The molecule has 0 radical (unpaired) electrons. The van der Waals surface area contributed by atoms with Crippen molar-refractivity contribution in [1.29, 1.82) is 0 Å². The van der Waals surface area contributed by atoms with Gasteiger partial charge in [0.2, 0.25) is 0 Å². The summed E-state index contributed by atoms with van der Waals surface area (Å²) in [5.74, 6) is 0.193. The van der Waals surface area contributed by atoms with Crippen LogP contribution in [0, 0.1) is 5.82 Å². The van der Waals surface area contributed by atoms with Crippen LogP contribution in [0.2, 0.25) is 0 Å². The lowest BCUT2D eigenvalue weighted by Crippen LogP contribution is -2.14. The summed E-state index contributed by atoms with van der Waals surface area (Å²) in [7, 11) is -3.72. The number of sulfonamides is 1. The van der Waals surface area contributed by atoms with Crippen LogP contribution in [0.25, 0.3) is 0 Å². The molecule has 0 atom stereocenters. The molecule has 0 aliphatic carbocycles. The Kier molecular flexibility index (Phi) is 5.08. The first-order chi connectivity index (χ1) is 12.3. The number of aromatic nitrogens is 2. The Hall–Kier alpha value is -2.67. The molecule has 0 saturated carbocycles. The molecule has 136 valence electrons. The molecule has 0 saturated heterocycles. The van der Waals surface area contributed by atoms with E-state index in [0.29, 0.717) is 11.5 Å². The van der Waals surface area contributed by atoms with Gasteiger partial charge >= 0.3 is 0 Å². The summed E-state index contributed by atoms with van der Waals surface area (Å²) in [6.07, 6.45) is 1.60. The zero-order valence-electron chi connectivity index (χ0n) is 14.6. The van der Waals surface area contributed by atoms with Gasteiger partial charge in [0, 0.05) is 17.8 Å². The van der Waals surface area contributed by atoms with E-state index >= 15 is 0 Å². The number of nitrogens with zero attached hydrogens (tertiary/aromatic N) is 2. The van der Waals surface area contributed by atoms with Crippen LogP contribution in [0.1, 0.15) is 30.9 Å². The molecule has 0 bridgehead atoms. The van der Waals surface area contributed by atoms with Gasteiger partial charge in [0.25, 0.3) is 10.0 Å². The smallest absolute Gasteiger partial charge is 0.263 e. The maximum absolute atomic E-state index is 13.7. The number of rotatable bonds is 6. The Labute approximate surface area is 152 Å². The first kappa shape index (κ1) is 18.1. The number of anilines is 1. The van der Waals surface area contributed by atoms with E-state index in [0.717, 1.165) is 5.56 Å². The molecule has 0 aliphatic rings. The van der Waals surface area contributed by atoms with Gasteiger partial charge in [-0.05, 0) is 29.7 Å². The van der Waals surface area contributed by atoms with Gasteiger partial charge in [-0.15, -0.1) is 0 Å². The second kappa shape index (κ2) is 7.29. The highest BCUT2D eigenvalue weighted by atomic mass is 32.2. The quantitative estimate of drug-likeness (QED) is 0.710. The zero-order valence-corrected chi connectivity index (χ0v) is 15.4. The van der Waals surface area contributed by atoms with Crippen molar-refractivity contribution in [2.24, 2.45) is 0 Å². The topological polar surface area (TPSA) is 64.0 Å². The van der Waals surface area contributed by atoms with Gasteiger partial charge in [-0.2, -0.15) is 5.10 Å². The van der Waals surface area contributed by atoms with E-state index < -0.39 is 10.0 Å². The van der Waals surface area contributed by atoms with Crippen LogP contribution in [-0.2, 0) is 16.6 Å². The predicted octanol–water partition coefficient (Wildman–Crippen LogP) is 3.99. The Balaban J connectivity index is 1.74. The Morgan fingerprint density at radius 3 is 2.42 bits per heavy atom. The van der Waals surface area contributed by atoms with E-state index in [1.807, 2.05) is 13.8 Å². The monoisotopic (exact) mass is 373 g/mol. The highest BCUT2D eigenvalue weighted by Gasteiger charge is 2.16. The van der Waals surface area contributed by atoms with Gasteiger partial charge in [0.15, 0.2) is 5.82 Å². The third-order valence-corrected chi connectivity index (χ3v) is 5.40. The minimum Gasteiger partial charge on any atom is -0.266 e. The van der Waals surface area contributed by atoms with E-state index in [4.69, 9.17) is 0 Å². The third-order valence-electron chi connectivity index (χ3n) is 4.03. The standard InChI is InChI=1S/C19H20FN3O2S/c1-14(2)15-7-9-17(10-8-15)26(24,25)22-19-11-12-23(21-19)13-16-5-3-4-6-18(16)20/h3-12,14H,13H2,1-2H3,(H,21,22). The molecule has 3 rings (SSSR count). The Morgan fingerprint density at radius 2 is 1.77 bits per heavy atom. The van der Waals surface area contributed by atoms with E-state index in [1.165, 1.54) is 10.7 Å². The highest BCUT2D eigenvalue weighted by Crippen LogP contribution is 2.19. The van der Waals surface area contributed by atoms with Crippen LogP contribution in [0.15, 0.2) is 65.7 Å². The zero-order chi connectivity index (χ0) is 18.7. The normalized spacial score (nSPS) is 11.7. The molecule has 26 heavy (non-hydrogen) atoms.